The summed E-state index contributed by atoms with van der Waals surface area (Å²) in [4.78, 5) is 19.3. The van der Waals surface area contributed by atoms with E-state index in [0.29, 0.717) is 17.6 Å². The van der Waals surface area contributed by atoms with E-state index in [2.05, 4.69) is 65.8 Å². The minimum absolute atomic E-state index is 0.227. The molecule has 5 nitrogen and oxygen atoms in total. The third-order valence-electron chi connectivity index (χ3n) is 7.46. The lowest BCUT2D eigenvalue weighted by molar-refractivity contribution is 0.0290. The zero-order valence-corrected chi connectivity index (χ0v) is 20.9. The molecule has 1 saturated heterocycles. The van der Waals surface area contributed by atoms with Gasteiger partial charge in [-0.25, -0.2) is 0 Å². The summed E-state index contributed by atoms with van der Waals surface area (Å²) in [7, 11) is 0. The van der Waals surface area contributed by atoms with Crippen molar-refractivity contribution in [2.24, 2.45) is 0 Å². The van der Waals surface area contributed by atoms with Crippen LogP contribution in [0.15, 0.2) is 54.6 Å². The molecule has 34 heavy (non-hydrogen) atoms. The van der Waals surface area contributed by atoms with Gasteiger partial charge in [0.25, 0.3) is 0 Å². The number of piperazine rings is 1. The maximum absolute atomic E-state index is 11.7. The Morgan fingerprint density at radius 3 is 2.29 bits per heavy atom. The Bertz CT molecular complexity index is 989. The normalized spacial score (nSPS) is 22.5. The molecule has 0 amide bonds. The number of carbonyl (C=O) groups excluding carboxylic acids is 1. The van der Waals surface area contributed by atoms with Crippen LogP contribution < -0.4 is 0 Å². The number of carbonyl (C=O) groups is 1. The van der Waals surface area contributed by atoms with E-state index in [1.807, 2.05) is 24.3 Å². The fourth-order valence-electron chi connectivity index (χ4n) is 5.46. The Morgan fingerprint density at radius 2 is 1.68 bits per heavy atom. The van der Waals surface area contributed by atoms with Gasteiger partial charge in [0.1, 0.15) is 6.61 Å². The van der Waals surface area contributed by atoms with Crippen molar-refractivity contribution >= 4 is 11.4 Å². The predicted octanol–water partition coefficient (Wildman–Crippen LogP) is 4.07. The molecule has 0 spiro atoms. The van der Waals surface area contributed by atoms with E-state index in [0.717, 1.165) is 52.2 Å². The van der Waals surface area contributed by atoms with E-state index in [1.54, 1.807) is 0 Å². The number of benzene rings is 2. The third kappa shape index (κ3) is 5.84. The number of rotatable bonds is 8. The number of nitrogens with zero attached hydrogens (tertiary/aromatic N) is 3. The lowest BCUT2D eigenvalue weighted by Crippen LogP contribution is -2.55. The number of aliphatic hydroxyl groups excluding tert-OH is 1. The number of hydrogen-bond acceptors (Lipinski definition) is 5. The standard InChI is InChI=1S/C29H39N3O2/c1-4-30-15-13-25(14-16-30)28-8-6-5-7-27(28)20-32-22(2)17-31(18-23(32)3)19-24-9-11-26(12-10-24)29(34)21-33/h5-13,22-23,33H,4,14-21H2,1-3H3/t22-,23+. The fourth-order valence-corrected chi connectivity index (χ4v) is 5.46. The van der Waals surface area contributed by atoms with Crippen LogP contribution in [-0.4, -0.2) is 77.0 Å². The van der Waals surface area contributed by atoms with Crippen LogP contribution in [0.2, 0.25) is 0 Å². The molecule has 2 aromatic carbocycles. The molecule has 2 atom stereocenters. The molecule has 2 aromatic rings. The van der Waals surface area contributed by atoms with Crippen LogP contribution in [0.5, 0.6) is 0 Å². The monoisotopic (exact) mass is 461 g/mol. The molecule has 2 heterocycles. The highest BCUT2D eigenvalue weighted by atomic mass is 16.3. The summed E-state index contributed by atoms with van der Waals surface area (Å²) in [5, 5.41) is 9.05. The molecule has 0 aliphatic carbocycles. The van der Waals surface area contributed by atoms with Gasteiger partial charge in [-0.05, 0) is 49.1 Å². The van der Waals surface area contributed by atoms with Gasteiger partial charge in [-0.15, -0.1) is 0 Å². The molecule has 4 rings (SSSR count). The van der Waals surface area contributed by atoms with Gasteiger partial charge in [0, 0.05) is 56.9 Å². The van der Waals surface area contributed by atoms with Crippen LogP contribution in [0.1, 0.15) is 54.2 Å². The zero-order valence-electron chi connectivity index (χ0n) is 20.9. The van der Waals surface area contributed by atoms with Crippen molar-refractivity contribution < 1.29 is 9.90 Å². The van der Waals surface area contributed by atoms with E-state index in [4.69, 9.17) is 5.11 Å². The van der Waals surface area contributed by atoms with Crippen LogP contribution in [0, 0.1) is 0 Å². The molecular formula is C29H39N3O2. The number of hydrogen-bond donors (Lipinski definition) is 1. The Balaban J connectivity index is 1.40. The number of likely N-dealkylation sites (N-methyl/N-ethyl adjacent to an activating group) is 1. The van der Waals surface area contributed by atoms with Crippen molar-refractivity contribution in [3.8, 4) is 0 Å². The molecule has 0 bridgehead atoms. The summed E-state index contributed by atoms with van der Waals surface area (Å²) >= 11 is 0. The summed E-state index contributed by atoms with van der Waals surface area (Å²) in [5.41, 5.74) is 6.15. The van der Waals surface area contributed by atoms with E-state index >= 15 is 0 Å². The summed E-state index contributed by atoms with van der Waals surface area (Å²) < 4.78 is 0. The molecule has 0 radical (unpaired) electrons. The molecule has 0 aromatic heterocycles. The van der Waals surface area contributed by atoms with Crippen LogP contribution in [0.25, 0.3) is 5.57 Å². The second kappa shape index (κ2) is 11.4. The smallest absolute Gasteiger partial charge is 0.188 e. The lowest BCUT2D eigenvalue weighted by Gasteiger charge is -2.45. The Morgan fingerprint density at radius 1 is 0.971 bits per heavy atom. The van der Waals surface area contributed by atoms with Crippen LogP contribution in [0.4, 0.5) is 0 Å². The minimum atomic E-state index is -0.437. The van der Waals surface area contributed by atoms with Crippen molar-refractivity contribution in [3.63, 3.8) is 0 Å². The summed E-state index contributed by atoms with van der Waals surface area (Å²) in [6.45, 7) is 13.7. The summed E-state index contributed by atoms with van der Waals surface area (Å²) in [6.07, 6.45) is 3.56. The summed E-state index contributed by atoms with van der Waals surface area (Å²) in [6, 6.07) is 17.6. The average Bonchev–Trinajstić information content (AvgIpc) is 2.86. The highest BCUT2D eigenvalue weighted by molar-refractivity contribution is 5.96. The van der Waals surface area contributed by atoms with Crippen molar-refractivity contribution in [3.05, 3.63) is 76.9 Å². The third-order valence-corrected chi connectivity index (χ3v) is 7.46. The molecule has 0 saturated carbocycles. The van der Waals surface area contributed by atoms with Crippen molar-refractivity contribution in [2.75, 3.05) is 39.3 Å². The van der Waals surface area contributed by atoms with Gasteiger partial charge in [0.05, 0.1) is 0 Å². The largest absolute Gasteiger partial charge is 0.388 e. The Hall–Kier alpha value is -2.31. The maximum Gasteiger partial charge on any atom is 0.188 e. The highest BCUT2D eigenvalue weighted by Gasteiger charge is 2.30. The molecule has 0 unspecified atom stereocenters. The van der Waals surface area contributed by atoms with Crippen molar-refractivity contribution in [2.45, 2.75) is 52.4 Å². The second-order valence-corrected chi connectivity index (χ2v) is 9.87. The number of aliphatic hydroxyl groups is 1. The first-order chi connectivity index (χ1) is 16.5. The lowest BCUT2D eigenvalue weighted by atomic mass is 9.93. The molecule has 5 heteroatoms. The van der Waals surface area contributed by atoms with Gasteiger partial charge in [-0.2, -0.15) is 0 Å². The molecule has 1 N–H and O–H groups in total. The second-order valence-electron chi connectivity index (χ2n) is 9.87. The first-order valence-electron chi connectivity index (χ1n) is 12.7. The number of ketones is 1. The minimum Gasteiger partial charge on any atom is -0.388 e. The first-order valence-corrected chi connectivity index (χ1v) is 12.7. The topological polar surface area (TPSA) is 47.0 Å². The van der Waals surface area contributed by atoms with Gasteiger partial charge >= 0.3 is 0 Å². The Kier molecular flexibility index (Phi) is 8.32. The summed E-state index contributed by atoms with van der Waals surface area (Å²) in [5.74, 6) is -0.227. The predicted molar refractivity (Wildman–Crippen MR) is 139 cm³/mol. The van der Waals surface area contributed by atoms with Crippen LogP contribution in [0.3, 0.4) is 0 Å². The van der Waals surface area contributed by atoms with Gasteiger partial charge in [-0.1, -0.05) is 61.5 Å². The van der Waals surface area contributed by atoms with Gasteiger partial charge in [0.15, 0.2) is 5.78 Å². The van der Waals surface area contributed by atoms with E-state index < -0.39 is 6.61 Å². The highest BCUT2D eigenvalue weighted by Crippen LogP contribution is 2.28. The van der Waals surface area contributed by atoms with E-state index in [9.17, 15) is 4.79 Å². The van der Waals surface area contributed by atoms with Gasteiger partial charge < -0.3 is 5.11 Å². The number of Topliss-reactive ketones (excluding diaryl/α,β-unsaturated/α-hetero) is 1. The zero-order chi connectivity index (χ0) is 24.1. The van der Waals surface area contributed by atoms with Crippen LogP contribution >= 0.6 is 0 Å². The molecule has 1 fully saturated rings. The first kappa shape index (κ1) is 24.8. The molecule has 2 aliphatic rings. The fraction of sp³-hybridized carbons (Fsp3) is 0.483. The quantitative estimate of drug-likeness (QED) is 0.601. The van der Waals surface area contributed by atoms with Gasteiger partial charge in [-0.3, -0.25) is 19.5 Å². The van der Waals surface area contributed by atoms with E-state index in [1.165, 1.54) is 22.3 Å². The van der Waals surface area contributed by atoms with Crippen LogP contribution in [-0.2, 0) is 13.1 Å². The van der Waals surface area contributed by atoms with Crippen molar-refractivity contribution in [1.82, 2.24) is 14.7 Å². The molecule has 2 aliphatic heterocycles. The van der Waals surface area contributed by atoms with E-state index in [-0.39, 0.29) is 5.78 Å². The molecular weight excluding hydrogens is 422 g/mol. The van der Waals surface area contributed by atoms with Gasteiger partial charge in [0.2, 0.25) is 0 Å². The maximum atomic E-state index is 11.7. The SMILES string of the molecule is CCN1CC=C(c2ccccc2CN2[C@H](C)CN(Cc3ccc(C(=O)CO)cc3)C[C@@H]2C)CC1. The average molecular weight is 462 g/mol. The Labute approximate surface area is 204 Å². The molecule has 182 valence electrons. The van der Waals surface area contributed by atoms with Crippen molar-refractivity contribution in [1.29, 1.82) is 0 Å².